The molecule has 1 heterocycles. The summed E-state index contributed by atoms with van der Waals surface area (Å²) in [6.07, 6.45) is 4.78. The van der Waals surface area contributed by atoms with Gasteiger partial charge < -0.3 is 4.57 Å². The lowest BCUT2D eigenvalue weighted by Crippen LogP contribution is -2.04. The molecule has 0 unspecified atom stereocenters. The van der Waals surface area contributed by atoms with Gasteiger partial charge in [-0.15, -0.1) is 0 Å². The van der Waals surface area contributed by atoms with E-state index in [1.165, 1.54) is 21.7 Å². The summed E-state index contributed by atoms with van der Waals surface area (Å²) in [6, 6.07) is 11.0. The number of benzene rings is 1. The number of rotatable bonds is 2. The molecule has 0 aliphatic rings. The summed E-state index contributed by atoms with van der Waals surface area (Å²) in [5.41, 5.74) is 1.35. The molecule has 1 aromatic carbocycles. The third kappa shape index (κ3) is 1.67. The number of nitrogens with zero attached hydrogens (tertiary/aromatic N) is 1. The maximum Gasteiger partial charge on any atom is 0.0578 e. The van der Waals surface area contributed by atoms with Crippen LogP contribution in [-0.2, 0) is 7.05 Å². The van der Waals surface area contributed by atoms with E-state index >= 15 is 0 Å². The molecule has 15 heavy (non-hydrogen) atoms. The zero-order valence-corrected chi connectivity index (χ0v) is 10.8. The standard InChI is InChI=1S/C13H19NS/c1-5-15(3,4)13-10-11-8-6-7-9-12(11)14(13)2/h6-10H,5H2,1-4H3. The topological polar surface area (TPSA) is 4.93 Å². The van der Waals surface area contributed by atoms with Gasteiger partial charge in [0.15, 0.2) is 0 Å². The molecule has 0 N–H and O–H groups in total. The molecule has 0 aliphatic carbocycles. The zero-order valence-electron chi connectivity index (χ0n) is 9.95. The van der Waals surface area contributed by atoms with Crippen molar-refractivity contribution in [1.82, 2.24) is 4.57 Å². The third-order valence-corrected chi connectivity index (χ3v) is 6.16. The lowest BCUT2D eigenvalue weighted by Gasteiger charge is -2.30. The Kier molecular flexibility index (Phi) is 2.55. The minimum absolute atomic E-state index is 0.628. The number of hydrogen-bond donors (Lipinski definition) is 0. The van der Waals surface area contributed by atoms with E-state index in [0.717, 1.165) is 0 Å². The van der Waals surface area contributed by atoms with Gasteiger partial charge in [-0.3, -0.25) is 0 Å². The summed E-state index contributed by atoms with van der Waals surface area (Å²) in [5.74, 6) is 1.25. The van der Waals surface area contributed by atoms with E-state index in [-0.39, 0.29) is 0 Å². The molecular weight excluding hydrogens is 202 g/mol. The maximum absolute atomic E-state index is 2.39. The van der Waals surface area contributed by atoms with E-state index in [2.05, 4.69) is 61.4 Å². The Labute approximate surface area is 93.4 Å². The Bertz CT molecular complexity index is 482. The lowest BCUT2D eigenvalue weighted by molar-refractivity contribution is 0.856. The maximum atomic E-state index is 2.39. The van der Waals surface area contributed by atoms with Crippen LogP contribution in [0.1, 0.15) is 6.92 Å². The molecule has 0 spiro atoms. The molecule has 1 aromatic heterocycles. The van der Waals surface area contributed by atoms with Crippen LogP contribution in [0.3, 0.4) is 0 Å². The molecule has 0 amide bonds. The molecule has 0 bridgehead atoms. The largest absolute Gasteiger partial charge is 0.340 e. The third-order valence-electron chi connectivity index (χ3n) is 3.20. The van der Waals surface area contributed by atoms with Crippen molar-refractivity contribution in [3.63, 3.8) is 0 Å². The Morgan fingerprint density at radius 1 is 1.20 bits per heavy atom. The lowest BCUT2D eigenvalue weighted by atomic mass is 10.2. The summed E-state index contributed by atoms with van der Waals surface area (Å²) in [5, 5.41) is 2.87. The van der Waals surface area contributed by atoms with Gasteiger partial charge in [0.05, 0.1) is 5.03 Å². The average Bonchev–Trinajstić information content (AvgIpc) is 2.58. The van der Waals surface area contributed by atoms with Gasteiger partial charge in [0.25, 0.3) is 0 Å². The molecule has 2 heteroatoms. The molecular formula is C13H19NS. The van der Waals surface area contributed by atoms with Gasteiger partial charge in [-0.2, -0.15) is 0 Å². The minimum atomic E-state index is -0.628. The van der Waals surface area contributed by atoms with E-state index in [0.29, 0.717) is 0 Å². The van der Waals surface area contributed by atoms with Gasteiger partial charge in [0.2, 0.25) is 0 Å². The quantitative estimate of drug-likeness (QED) is 0.730. The van der Waals surface area contributed by atoms with E-state index < -0.39 is 10.0 Å². The molecule has 0 saturated carbocycles. The van der Waals surface area contributed by atoms with Crippen LogP contribution in [0, 0.1) is 0 Å². The first-order valence-electron chi connectivity index (χ1n) is 5.32. The molecule has 0 radical (unpaired) electrons. The highest BCUT2D eigenvalue weighted by Crippen LogP contribution is 2.49. The monoisotopic (exact) mass is 221 g/mol. The Hall–Kier alpha value is -0.890. The van der Waals surface area contributed by atoms with E-state index in [4.69, 9.17) is 0 Å². The van der Waals surface area contributed by atoms with Crippen LogP contribution >= 0.6 is 10.0 Å². The summed E-state index contributed by atoms with van der Waals surface area (Å²) >= 11 is 0. The minimum Gasteiger partial charge on any atom is -0.340 e. The number of aromatic nitrogens is 1. The SMILES string of the molecule is CCS(C)(C)c1cc2ccccc2n1C. The second-order valence-corrected chi connectivity index (χ2v) is 8.50. The van der Waals surface area contributed by atoms with Gasteiger partial charge in [0, 0.05) is 18.0 Å². The number of hydrogen-bond acceptors (Lipinski definition) is 0. The molecule has 0 saturated heterocycles. The predicted molar refractivity (Wildman–Crippen MR) is 71.2 cm³/mol. The van der Waals surface area contributed by atoms with Gasteiger partial charge >= 0.3 is 0 Å². The molecule has 0 fully saturated rings. The molecule has 82 valence electrons. The number of aryl methyl sites for hydroxylation is 1. The fourth-order valence-corrected chi connectivity index (χ4v) is 3.52. The van der Waals surface area contributed by atoms with Crippen LogP contribution in [0.2, 0.25) is 0 Å². The summed E-state index contributed by atoms with van der Waals surface area (Å²) in [7, 11) is 1.55. The van der Waals surface area contributed by atoms with Crippen LogP contribution in [0.25, 0.3) is 10.9 Å². The Morgan fingerprint density at radius 2 is 1.87 bits per heavy atom. The fourth-order valence-electron chi connectivity index (χ4n) is 1.94. The van der Waals surface area contributed by atoms with Crippen molar-refractivity contribution in [2.24, 2.45) is 7.05 Å². The first-order valence-corrected chi connectivity index (χ1v) is 7.93. The van der Waals surface area contributed by atoms with Gasteiger partial charge in [-0.05, 0) is 30.4 Å². The van der Waals surface area contributed by atoms with Crippen molar-refractivity contribution in [2.45, 2.75) is 11.9 Å². The van der Waals surface area contributed by atoms with Crippen LogP contribution in [0.15, 0.2) is 35.4 Å². The highest BCUT2D eigenvalue weighted by molar-refractivity contribution is 8.32. The Balaban J connectivity index is 2.68. The molecule has 0 atom stereocenters. The van der Waals surface area contributed by atoms with Crippen molar-refractivity contribution in [3.05, 3.63) is 30.3 Å². The van der Waals surface area contributed by atoms with Crippen LogP contribution in [-0.4, -0.2) is 22.8 Å². The van der Waals surface area contributed by atoms with Gasteiger partial charge in [0.1, 0.15) is 0 Å². The zero-order chi connectivity index (χ0) is 11.1. The van der Waals surface area contributed by atoms with Crippen LogP contribution < -0.4 is 0 Å². The van der Waals surface area contributed by atoms with E-state index in [9.17, 15) is 0 Å². The smallest absolute Gasteiger partial charge is 0.0578 e. The Morgan fingerprint density at radius 3 is 2.47 bits per heavy atom. The average molecular weight is 221 g/mol. The highest BCUT2D eigenvalue weighted by atomic mass is 32.3. The fraction of sp³-hybridized carbons (Fsp3) is 0.385. The van der Waals surface area contributed by atoms with Crippen molar-refractivity contribution in [3.8, 4) is 0 Å². The van der Waals surface area contributed by atoms with Gasteiger partial charge in [-0.1, -0.05) is 25.1 Å². The normalized spacial score (nSPS) is 13.3. The van der Waals surface area contributed by atoms with Crippen molar-refractivity contribution in [1.29, 1.82) is 0 Å². The van der Waals surface area contributed by atoms with E-state index in [1.54, 1.807) is 0 Å². The second kappa shape index (κ2) is 3.60. The molecule has 2 rings (SSSR count). The van der Waals surface area contributed by atoms with Crippen LogP contribution in [0.5, 0.6) is 0 Å². The van der Waals surface area contributed by atoms with Crippen molar-refractivity contribution in [2.75, 3.05) is 18.3 Å². The van der Waals surface area contributed by atoms with Crippen molar-refractivity contribution >= 4 is 20.9 Å². The summed E-state index contributed by atoms with van der Waals surface area (Å²) in [6.45, 7) is 2.28. The summed E-state index contributed by atoms with van der Waals surface area (Å²) in [4.78, 5) is 0. The first kappa shape index (κ1) is 10.6. The van der Waals surface area contributed by atoms with E-state index in [1.807, 2.05) is 0 Å². The van der Waals surface area contributed by atoms with Gasteiger partial charge in [-0.25, -0.2) is 10.0 Å². The highest BCUT2D eigenvalue weighted by Gasteiger charge is 2.17. The second-order valence-electron chi connectivity index (χ2n) is 4.43. The molecule has 0 aliphatic heterocycles. The van der Waals surface area contributed by atoms with Crippen LogP contribution in [0.4, 0.5) is 0 Å². The predicted octanol–water partition coefficient (Wildman–Crippen LogP) is 3.62. The number of para-hydroxylation sites is 1. The number of fused-ring (bicyclic) bond motifs is 1. The molecule has 2 aromatic rings. The van der Waals surface area contributed by atoms with Crippen molar-refractivity contribution < 1.29 is 0 Å². The molecule has 1 nitrogen and oxygen atoms in total. The summed E-state index contributed by atoms with van der Waals surface area (Å²) < 4.78 is 2.36. The first-order chi connectivity index (χ1) is 7.06.